The van der Waals surface area contributed by atoms with E-state index in [0.29, 0.717) is 17.3 Å². The number of likely N-dealkylation sites (tertiary alicyclic amines) is 1. The van der Waals surface area contributed by atoms with Crippen molar-refractivity contribution >= 4 is 40.2 Å². The monoisotopic (exact) mass is 527 g/mol. The van der Waals surface area contributed by atoms with E-state index in [1.54, 1.807) is 17.0 Å². The van der Waals surface area contributed by atoms with Crippen molar-refractivity contribution in [1.29, 1.82) is 0 Å². The number of halogens is 2. The average Bonchev–Trinajstić information content (AvgIpc) is 3.43. The number of nitrogens with zero attached hydrogens (tertiary/aromatic N) is 3. The van der Waals surface area contributed by atoms with Crippen LogP contribution in [0.1, 0.15) is 48.2 Å². The smallest absolute Gasteiger partial charge is 0.269 e. The van der Waals surface area contributed by atoms with Gasteiger partial charge in [0, 0.05) is 29.6 Å². The van der Waals surface area contributed by atoms with Crippen molar-refractivity contribution in [2.24, 2.45) is 11.7 Å². The van der Waals surface area contributed by atoms with E-state index in [9.17, 15) is 23.9 Å². The van der Waals surface area contributed by atoms with Crippen LogP contribution in [0.4, 0.5) is 4.39 Å². The summed E-state index contributed by atoms with van der Waals surface area (Å²) in [4.78, 5) is 40.5. The number of benzene rings is 2. The van der Waals surface area contributed by atoms with E-state index in [2.05, 4.69) is 10.4 Å². The zero-order valence-electron chi connectivity index (χ0n) is 20.0. The Balaban J connectivity index is 1.40. The molecule has 1 aliphatic heterocycles. The summed E-state index contributed by atoms with van der Waals surface area (Å²) >= 11 is 5.86. The van der Waals surface area contributed by atoms with Crippen LogP contribution in [-0.2, 0) is 22.7 Å². The highest BCUT2D eigenvalue weighted by atomic mass is 35.5. The molecule has 11 heteroatoms. The highest BCUT2D eigenvalue weighted by Gasteiger charge is 2.47. The summed E-state index contributed by atoms with van der Waals surface area (Å²) < 4.78 is 15.7. The van der Waals surface area contributed by atoms with Gasteiger partial charge in [-0.3, -0.25) is 19.1 Å². The predicted octanol–water partition coefficient (Wildman–Crippen LogP) is 3.11. The molecule has 3 atom stereocenters. The predicted molar refractivity (Wildman–Crippen MR) is 134 cm³/mol. The molecule has 1 saturated heterocycles. The van der Waals surface area contributed by atoms with Gasteiger partial charge in [0.2, 0.25) is 11.8 Å². The molecule has 0 unspecified atom stereocenters. The van der Waals surface area contributed by atoms with Crippen LogP contribution in [-0.4, -0.2) is 49.6 Å². The Morgan fingerprint density at radius 3 is 2.76 bits per heavy atom. The van der Waals surface area contributed by atoms with Crippen LogP contribution in [0, 0.1) is 11.7 Å². The summed E-state index contributed by atoms with van der Waals surface area (Å²) in [5, 5.41) is 17.4. The molecule has 1 aromatic heterocycles. The number of carbonyl (C=O) groups excluding carboxylic acids is 3. The van der Waals surface area contributed by atoms with Gasteiger partial charge in [-0.25, -0.2) is 4.39 Å². The standard InChI is InChI=1S/C26H27ClFN5O4/c27-18-6-3-5-15(23(18)28)12-30-26(37)21-10-14-4-1-2-7-19(14)33(21)22(35)13-32-20-11-16(34)8-9-17(20)24(31-32)25(29)36/h3,5-6,8-9,11,14,19,21,34H,1-2,4,7,10,12-13H2,(H2,29,36)(H,30,37)/t14-,19-,21+/m1/s1. The Morgan fingerprint density at radius 1 is 1.19 bits per heavy atom. The molecule has 5 rings (SSSR count). The van der Waals surface area contributed by atoms with Crippen LogP contribution in [0.3, 0.4) is 0 Å². The quantitative estimate of drug-likeness (QED) is 0.453. The molecule has 3 aromatic rings. The molecule has 2 fully saturated rings. The first kappa shape index (κ1) is 25.0. The van der Waals surface area contributed by atoms with Gasteiger partial charge in [0.15, 0.2) is 5.69 Å². The third-order valence-corrected chi connectivity index (χ3v) is 7.71. The van der Waals surface area contributed by atoms with E-state index in [4.69, 9.17) is 17.3 Å². The highest BCUT2D eigenvalue weighted by molar-refractivity contribution is 6.30. The number of carbonyl (C=O) groups is 3. The van der Waals surface area contributed by atoms with E-state index in [1.807, 2.05) is 0 Å². The summed E-state index contributed by atoms with van der Waals surface area (Å²) in [6, 6.07) is 8.15. The third-order valence-electron chi connectivity index (χ3n) is 7.42. The van der Waals surface area contributed by atoms with Crippen molar-refractivity contribution < 1.29 is 23.9 Å². The minimum atomic E-state index is -0.749. The van der Waals surface area contributed by atoms with Gasteiger partial charge in [-0.05, 0) is 43.4 Å². The molecule has 37 heavy (non-hydrogen) atoms. The number of amides is 3. The van der Waals surface area contributed by atoms with Gasteiger partial charge >= 0.3 is 0 Å². The summed E-state index contributed by atoms with van der Waals surface area (Å²) in [6.45, 7) is -0.284. The first-order chi connectivity index (χ1) is 17.7. The number of hydrogen-bond donors (Lipinski definition) is 3. The lowest BCUT2D eigenvalue weighted by molar-refractivity contribution is -0.141. The van der Waals surface area contributed by atoms with Gasteiger partial charge in [0.05, 0.1) is 10.5 Å². The number of rotatable bonds is 6. The van der Waals surface area contributed by atoms with Crippen molar-refractivity contribution in [2.75, 3.05) is 0 Å². The van der Waals surface area contributed by atoms with Crippen molar-refractivity contribution in [3.05, 3.63) is 58.5 Å². The second-order valence-electron chi connectivity index (χ2n) is 9.67. The van der Waals surface area contributed by atoms with E-state index in [0.717, 1.165) is 25.7 Å². The molecule has 2 heterocycles. The molecule has 1 aliphatic carbocycles. The maximum Gasteiger partial charge on any atom is 0.269 e. The summed E-state index contributed by atoms with van der Waals surface area (Å²) in [5.41, 5.74) is 6.12. The lowest BCUT2D eigenvalue weighted by atomic mass is 9.84. The molecule has 2 aromatic carbocycles. The fourth-order valence-corrected chi connectivity index (χ4v) is 5.91. The maximum absolute atomic E-state index is 14.3. The molecule has 9 nitrogen and oxygen atoms in total. The van der Waals surface area contributed by atoms with Gasteiger partial charge < -0.3 is 21.1 Å². The Bertz CT molecular complexity index is 1390. The second-order valence-corrected chi connectivity index (χ2v) is 10.1. The molecule has 0 bridgehead atoms. The minimum absolute atomic E-state index is 0.00222. The molecule has 0 spiro atoms. The van der Waals surface area contributed by atoms with E-state index in [1.165, 1.54) is 28.9 Å². The van der Waals surface area contributed by atoms with Crippen molar-refractivity contribution in [1.82, 2.24) is 20.0 Å². The topological polar surface area (TPSA) is 131 Å². The number of hydrogen-bond acceptors (Lipinski definition) is 5. The number of nitrogens with two attached hydrogens (primary N) is 1. The fourth-order valence-electron chi connectivity index (χ4n) is 5.71. The fraction of sp³-hybridized carbons (Fsp3) is 0.385. The molecular weight excluding hydrogens is 501 g/mol. The third kappa shape index (κ3) is 4.73. The van der Waals surface area contributed by atoms with E-state index in [-0.39, 0.29) is 58.9 Å². The van der Waals surface area contributed by atoms with Gasteiger partial charge in [0.25, 0.3) is 5.91 Å². The largest absolute Gasteiger partial charge is 0.508 e. The normalized spacial score (nSPS) is 21.1. The molecular formula is C26H27ClFN5O4. The molecule has 194 valence electrons. The van der Waals surface area contributed by atoms with Crippen LogP contribution in [0.5, 0.6) is 5.75 Å². The van der Waals surface area contributed by atoms with Crippen molar-refractivity contribution in [3.8, 4) is 5.75 Å². The number of fused-ring (bicyclic) bond motifs is 2. The number of primary amides is 1. The highest BCUT2D eigenvalue weighted by Crippen LogP contribution is 2.40. The number of phenols is 1. The summed E-state index contributed by atoms with van der Waals surface area (Å²) in [6.07, 6.45) is 4.23. The summed E-state index contributed by atoms with van der Waals surface area (Å²) in [5.74, 6) is -1.88. The zero-order chi connectivity index (χ0) is 26.3. The maximum atomic E-state index is 14.3. The lowest BCUT2D eigenvalue weighted by Crippen LogP contribution is -2.50. The van der Waals surface area contributed by atoms with E-state index < -0.39 is 17.8 Å². The second kappa shape index (κ2) is 10.0. The van der Waals surface area contributed by atoms with Gasteiger partial charge in [-0.1, -0.05) is 36.6 Å². The Kier molecular flexibility index (Phi) is 6.76. The Morgan fingerprint density at radius 2 is 1.97 bits per heavy atom. The molecule has 0 radical (unpaired) electrons. The molecule has 1 saturated carbocycles. The van der Waals surface area contributed by atoms with Gasteiger partial charge in [-0.15, -0.1) is 0 Å². The Labute approximate surface area is 217 Å². The minimum Gasteiger partial charge on any atom is -0.508 e. The van der Waals surface area contributed by atoms with Crippen LogP contribution in [0.15, 0.2) is 36.4 Å². The van der Waals surface area contributed by atoms with E-state index >= 15 is 0 Å². The van der Waals surface area contributed by atoms with Crippen molar-refractivity contribution in [2.45, 2.75) is 57.3 Å². The number of phenolic OH excluding ortho intramolecular Hbond substituents is 1. The van der Waals surface area contributed by atoms with Crippen LogP contribution in [0.2, 0.25) is 5.02 Å². The van der Waals surface area contributed by atoms with Gasteiger partial charge in [-0.2, -0.15) is 5.10 Å². The number of nitrogens with one attached hydrogen (secondary N) is 1. The lowest BCUT2D eigenvalue weighted by Gasteiger charge is -2.33. The number of aromatic hydroxyl groups is 1. The molecule has 2 aliphatic rings. The molecule has 4 N–H and O–H groups in total. The summed E-state index contributed by atoms with van der Waals surface area (Å²) in [7, 11) is 0. The van der Waals surface area contributed by atoms with Crippen LogP contribution >= 0.6 is 11.6 Å². The van der Waals surface area contributed by atoms with Crippen LogP contribution in [0.25, 0.3) is 10.9 Å². The number of aromatic nitrogens is 2. The van der Waals surface area contributed by atoms with Crippen molar-refractivity contribution in [3.63, 3.8) is 0 Å². The van der Waals surface area contributed by atoms with Gasteiger partial charge in [0.1, 0.15) is 24.2 Å². The molecule has 3 amide bonds. The first-order valence-corrected chi connectivity index (χ1v) is 12.6. The van der Waals surface area contributed by atoms with Crippen LogP contribution < -0.4 is 11.1 Å². The SMILES string of the molecule is NC(=O)c1nn(CC(=O)N2[C@@H]3CCCC[C@@H]3C[C@H]2C(=O)NCc2cccc(Cl)c2F)c2cc(O)ccc12. The zero-order valence-corrected chi connectivity index (χ0v) is 20.7. The Hall–Kier alpha value is -3.66. The first-order valence-electron chi connectivity index (χ1n) is 12.3. The average molecular weight is 528 g/mol.